The molecule has 20 heavy (non-hydrogen) atoms. The largest absolute Gasteiger partial charge is 0.352 e. The standard InChI is InChI=1S/C17H26N2O/c1-13-6-8-14(9-7-13)12-19-17(20)16-5-3-2-4-15(16)10-11-18/h2-5,13-14H,6-12,18H2,1H3,(H,19,20). The number of nitrogens with one attached hydrogen (secondary N) is 1. The van der Waals surface area contributed by atoms with Crippen LogP contribution in [0.5, 0.6) is 0 Å². The Morgan fingerprint density at radius 2 is 1.95 bits per heavy atom. The molecule has 3 N–H and O–H groups in total. The molecular formula is C17H26N2O. The van der Waals surface area contributed by atoms with Gasteiger partial charge in [-0.1, -0.05) is 38.0 Å². The first kappa shape index (κ1) is 15.0. The Balaban J connectivity index is 1.88. The third-order valence-corrected chi connectivity index (χ3v) is 4.36. The summed E-state index contributed by atoms with van der Waals surface area (Å²) in [6, 6.07) is 7.76. The zero-order valence-corrected chi connectivity index (χ0v) is 12.4. The zero-order valence-electron chi connectivity index (χ0n) is 12.4. The lowest BCUT2D eigenvalue weighted by Gasteiger charge is -2.26. The molecule has 2 rings (SSSR count). The molecule has 0 spiro atoms. The van der Waals surface area contributed by atoms with Gasteiger partial charge in [0.05, 0.1) is 0 Å². The highest BCUT2D eigenvalue weighted by atomic mass is 16.1. The molecule has 0 aliphatic heterocycles. The maximum Gasteiger partial charge on any atom is 0.251 e. The molecule has 0 unspecified atom stereocenters. The molecule has 0 bridgehead atoms. The molecule has 1 aromatic carbocycles. The average molecular weight is 274 g/mol. The molecule has 1 fully saturated rings. The molecule has 3 nitrogen and oxygen atoms in total. The molecule has 1 amide bonds. The van der Waals surface area contributed by atoms with Gasteiger partial charge in [-0.3, -0.25) is 4.79 Å². The van der Waals surface area contributed by atoms with Gasteiger partial charge in [-0.05, 0) is 49.3 Å². The molecule has 3 heteroatoms. The summed E-state index contributed by atoms with van der Waals surface area (Å²) in [5.74, 6) is 1.55. The van der Waals surface area contributed by atoms with Crippen molar-refractivity contribution in [2.24, 2.45) is 17.6 Å². The van der Waals surface area contributed by atoms with Crippen LogP contribution in [0.4, 0.5) is 0 Å². The van der Waals surface area contributed by atoms with E-state index in [4.69, 9.17) is 5.73 Å². The predicted octanol–water partition coefficient (Wildman–Crippen LogP) is 2.74. The van der Waals surface area contributed by atoms with Gasteiger partial charge in [-0.25, -0.2) is 0 Å². The van der Waals surface area contributed by atoms with Crippen LogP contribution in [0.2, 0.25) is 0 Å². The Hall–Kier alpha value is -1.35. The van der Waals surface area contributed by atoms with Gasteiger partial charge in [0.25, 0.3) is 5.91 Å². The number of amides is 1. The van der Waals surface area contributed by atoms with Gasteiger partial charge in [-0.15, -0.1) is 0 Å². The van der Waals surface area contributed by atoms with E-state index in [9.17, 15) is 4.79 Å². The summed E-state index contributed by atoms with van der Waals surface area (Å²) in [5, 5.41) is 3.10. The van der Waals surface area contributed by atoms with Crippen molar-refractivity contribution >= 4 is 5.91 Å². The SMILES string of the molecule is CC1CCC(CNC(=O)c2ccccc2CCN)CC1. The first-order chi connectivity index (χ1) is 9.70. The highest BCUT2D eigenvalue weighted by Crippen LogP contribution is 2.27. The van der Waals surface area contributed by atoms with Crippen LogP contribution in [0.25, 0.3) is 0 Å². The van der Waals surface area contributed by atoms with Crippen molar-refractivity contribution in [3.8, 4) is 0 Å². The van der Waals surface area contributed by atoms with Crippen LogP contribution in [0.3, 0.4) is 0 Å². The van der Waals surface area contributed by atoms with Crippen molar-refractivity contribution in [1.29, 1.82) is 0 Å². The molecular weight excluding hydrogens is 248 g/mol. The highest BCUT2D eigenvalue weighted by molar-refractivity contribution is 5.95. The fourth-order valence-corrected chi connectivity index (χ4v) is 2.98. The van der Waals surface area contributed by atoms with Crippen molar-refractivity contribution in [3.63, 3.8) is 0 Å². The summed E-state index contributed by atoms with van der Waals surface area (Å²) < 4.78 is 0. The molecule has 0 saturated heterocycles. The molecule has 0 aromatic heterocycles. The number of hydrogen-bond acceptors (Lipinski definition) is 2. The first-order valence-corrected chi connectivity index (χ1v) is 7.77. The minimum absolute atomic E-state index is 0.0488. The fourth-order valence-electron chi connectivity index (χ4n) is 2.98. The van der Waals surface area contributed by atoms with Crippen molar-refractivity contribution < 1.29 is 4.79 Å². The number of benzene rings is 1. The quantitative estimate of drug-likeness (QED) is 0.867. The molecule has 1 aliphatic carbocycles. The van der Waals surface area contributed by atoms with Crippen molar-refractivity contribution in [1.82, 2.24) is 5.32 Å². The van der Waals surface area contributed by atoms with E-state index in [2.05, 4.69) is 12.2 Å². The maximum absolute atomic E-state index is 12.3. The van der Waals surface area contributed by atoms with Crippen LogP contribution in [0.1, 0.15) is 48.5 Å². The Bertz CT molecular complexity index is 436. The average Bonchev–Trinajstić information content (AvgIpc) is 2.47. The number of hydrogen-bond donors (Lipinski definition) is 2. The molecule has 0 atom stereocenters. The van der Waals surface area contributed by atoms with Gasteiger partial charge in [0.1, 0.15) is 0 Å². The van der Waals surface area contributed by atoms with Crippen LogP contribution < -0.4 is 11.1 Å². The second-order valence-corrected chi connectivity index (χ2v) is 6.03. The molecule has 0 radical (unpaired) electrons. The van der Waals surface area contributed by atoms with Crippen LogP contribution in [-0.4, -0.2) is 19.0 Å². The van der Waals surface area contributed by atoms with Crippen LogP contribution >= 0.6 is 0 Å². The monoisotopic (exact) mass is 274 g/mol. The zero-order chi connectivity index (χ0) is 14.4. The second-order valence-electron chi connectivity index (χ2n) is 6.03. The molecule has 1 aromatic rings. The summed E-state index contributed by atoms with van der Waals surface area (Å²) in [4.78, 5) is 12.3. The van der Waals surface area contributed by atoms with E-state index in [1.54, 1.807) is 0 Å². The summed E-state index contributed by atoms with van der Waals surface area (Å²) in [6.07, 6.45) is 5.83. The predicted molar refractivity (Wildman–Crippen MR) is 82.7 cm³/mol. The Labute approximate surface area is 121 Å². The van der Waals surface area contributed by atoms with Gasteiger partial charge < -0.3 is 11.1 Å². The summed E-state index contributed by atoms with van der Waals surface area (Å²) in [7, 11) is 0. The van der Waals surface area contributed by atoms with Crippen LogP contribution in [-0.2, 0) is 6.42 Å². The lowest BCUT2D eigenvalue weighted by molar-refractivity contribution is 0.0941. The van der Waals surface area contributed by atoms with E-state index < -0.39 is 0 Å². The van der Waals surface area contributed by atoms with E-state index in [1.807, 2.05) is 24.3 Å². The third kappa shape index (κ3) is 4.07. The van der Waals surface area contributed by atoms with E-state index >= 15 is 0 Å². The minimum atomic E-state index is 0.0488. The second kappa shape index (κ2) is 7.44. The normalized spacial score (nSPS) is 22.5. The van der Waals surface area contributed by atoms with E-state index in [0.29, 0.717) is 12.5 Å². The number of nitrogens with two attached hydrogens (primary N) is 1. The van der Waals surface area contributed by atoms with E-state index in [-0.39, 0.29) is 5.91 Å². The molecule has 1 saturated carbocycles. The number of carbonyl (C=O) groups excluding carboxylic acids is 1. The van der Waals surface area contributed by atoms with Gasteiger partial charge in [0.15, 0.2) is 0 Å². The maximum atomic E-state index is 12.3. The third-order valence-electron chi connectivity index (χ3n) is 4.36. The Kier molecular flexibility index (Phi) is 5.60. The molecule has 0 heterocycles. The number of carbonyl (C=O) groups is 1. The van der Waals surface area contributed by atoms with Crippen molar-refractivity contribution in [2.45, 2.75) is 39.0 Å². The summed E-state index contributed by atoms with van der Waals surface area (Å²) in [5.41, 5.74) is 7.43. The summed E-state index contributed by atoms with van der Waals surface area (Å²) >= 11 is 0. The van der Waals surface area contributed by atoms with Crippen LogP contribution in [0, 0.1) is 11.8 Å². The van der Waals surface area contributed by atoms with Crippen LogP contribution in [0.15, 0.2) is 24.3 Å². The van der Waals surface area contributed by atoms with E-state index in [0.717, 1.165) is 30.0 Å². The van der Waals surface area contributed by atoms with Crippen molar-refractivity contribution in [3.05, 3.63) is 35.4 Å². The topological polar surface area (TPSA) is 55.1 Å². The summed E-state index contributed by atoms with van der Waals surface area (Å²) in [6.45, 7) is 3.70. The minimum Gasteiger partial charge on any atom is -0.352 e. The van der Waals surface area contributed by atoms with Crippen molar-refractivity contribution in [2.75, 3.05) is 13.1 Å². The van der Waals surface area contributed by atoms with Gasteiger partial charge in [0, 0.05) is 12.1 Å². The van der Waals surface area contributed by atoms with Gasteiger partial charge >= 0.3 is 0 Å². The smallest absolute Gasteiger partial charge is 0.251 e. The highest BCUT2D eigenvalue weighted by Gasteiger charge is 2.19. The lowest BCUT2D eigenvalue weighted by atomic mass is 9.83. The van der Waals surface area contributed by atoms with E-state index in [1.165, 1.54) is 25.7 Å². The van der Waals surface area contributed by atoms with Gasteiger partial charge in [-0.2, -0.15) is 0 Å². The Morgan fingerprint density at radius 3 is 2.65 bits per heavy atom. The first-order valence-electron chi connectivity index (χ1n) is 7.77. The fraction of sp³-hybridized carbons (Fsp3) is 0.588. The Morgan fingerprint density at radius 1 is 1.25 bits per heavy atom. The number of rotatable bonds is 5. The molecule has 110 valence electrons. The lowest BCUT2D eigenvalue weighted by Crippen LogP contribution is -2.31. The van der Waals surface area contributed by atoms with Gasteiger partial charge in [0.2, 0.25) is 0 Å². The molecule has 1 aliphatic rings.